The quantitative estimate of drug-likeness (QED) is 0.280. The van der Waals surface area contributed by atoms with Crippen molar-refractivity contribution in [2.75, 3.05) is 6.61 Å². The van der Waals surface area contributed by atoms with E-state index in [-0.39, 0.29) is 24.7 Å². The molecule has 1 saturated heterocycles. The van der Waals surface area contributed by atoms with E-state index < -0.39 is 46.8 Å². The maximum absolute atomic E-state index is 13.4. The number of ether oxygens (including phenoxy) is 4. The molecule has 10 heteroatoms. The summed E-state index contributed by atoms with van der Waals surface area (Å²) >= 11 is 0. The molecule has 1 aliphatic rings. The topological polar surface area (TPSA) is 118 Å². The first-order valence-corrected chi connectivity index (χ1v) is 13.9. The Balaban J connectivity index is 1.67. The fourth-order valence-corrected chi connectivity index (χ4v) is 5.25. The minimum Gasteiger partial charge on any atom is -0.463 e. The van der Waals surface area contributed by atoms with Crippen LogP contribution in [0.25, 0.3) is 0 Å². The molecule has 1 N–H and O–H groups in total. The van der Waals surface area contributed by atoms with Crippen LogP contribution in [-0.2, 0) is 51.3 Å². The van der Waals surface area contributed by atoms with E-state index in [4.69, 9.17) is 23.1 Å². The summed E-state index contributed by atoms with van der Waals surface area (Å²) in [5, 5.41) is 10.9. The minimum absolute atomic E-state index is 0.0520. The van der Waals surface area contributed by atoms with Crippen molar-refractivity contribution in [3.63, 3.8) is 0 Å². The molecule has 0 aromatic heterocycles. The van der Waals surface area contributed by atoms with Crippen molar-refractivity contribution in [2.24, 2.45) is 0 Å². The number of aryl methyl sites for hydroxylation is 1. The molecule has 3 aromatic rings. The van der Waals surface area contributed by atoms with Crippen LogP contribution in [0.2, 0.25) is 0 Å². The predicted molar refractivity (Wildman–Crippen MR) is 141 cm³/mol. The summed E-state index contributed by atoms with van der Waals surface area (Å²) in [7, 11) is -4.32. The SMILES string of the molecule is CC(=O)OC[C@H]1O[C@H](O)[C@@H](OCc2ccccc2)[C@@H](OS(=O)(=O)c2ccc(C)cc2)[C@@H]1OCc1ccccc1. The number of esters is 1. The zero-order valence-electron chi connectivity index (χ0n) is 21.7. The summed E-state index contributed by atoms with van der Waals surface area (Å²) in [6.45, 7) is 2.92. The summed E-state index contributed by atoms with van der Waals surface area (Å²) < 4.78 is 55.6. The lowest BCUT2D eigenvalue weighted by molar-refractivity contribution is -0.302. The highest BCUT2D eigenvalue weighted by atomic mass is 32.2. The van der Waals surface area contributed by atoms with Crippen LogP contribution in [0.1, 0.15) is 23.6 Å². The highest BCUT2D eigenvalue weighted by Crippen LogP contribution is 2.31. The van der Waals surface area contributed by atoms with E-state index >= 15 is 0 Å². The van der Waals surface area contributed by atoms with Gasteiger partial charge in [0.1, 0.15) is 31.0 Å². The van der Waals surface area contributed by atoms with E-state index in [1.807, 2.05) is 67.6 Å². The highest BCUT2D eigenvalue weighted by Gasteiger charge is 2.50. The van der Waals surface area contributed by atoms with Crippen molar-refractivity contribution in [1.82, 2.24) is 0 Å². The van der Waals surface area contributed by atoms with Crippen molar-refractivity contribution in [3.05, 3.63) is 102 Å². The van der Waals surface area contributed by atoms with Gasteiger partial charge in [-0.3, -0.25) is 8.98 Å². The molecule has 0 bridgehead atoms. The number of hydrogen-bond donors (Lipinski definition) is 1. The number of rotatable bonds is 11. The van der Waals surface area contributed by atoms with E-state index in [2.05, 4.69) is 0 Å². The Morgan fingerprint density at radius 3 is 1.90 bits per heavy atom. The number of aliphatic hydroxyl groups is 1. The first-order chi connectivity index (χ1) is 18.7. The lowest BCUT2D eigenvalue weighted by Crippen LogP contribution is -2.61. The normalized spacial score (nSPS) is 23.3. The average Bonchev–Trinajstić information content (AvgIpc) is 2.92. The highest BCUT2D eigenvalue weighted by molar-refractivity contribution is 7.86. The van der Waals surface area contributed by atoms with Crippen LogP contribution in [0.3, 0.4) is 0 Å². The van der Waals surface area contributed by atoms with Crippen LogP contribution in [-0.4, -0.2) is 56.8 Å². The van der Waals surface area contributed by atoms with Crippen molar-refractivity contribution < 1.29 is 41.4 Å². The second-order valence-electron chi connectivity index (χ2n) is 9.22. The molecule has 0 saturated carbocycles. The van der Waals surface area contributed by atoms with Crippen LogP contribution in [0, 0.1) is 6.92 Å². The maximum atomic E-state index is 13.4. The van der Waals surface area contributed by atoms with E-state index in [1.165, 1.54) is 19.1 Å². The fraction of sp³-hybridized carbons (Fsp3) is 0.345. The summed E-state index contributed by atoms with van der Waals surface area (Å²) in [6, 6.07) is 24.6. The van der Waals surface area contributed by atoms with Gasteiger partial charge in [0.25, 0.3) is 10.1 Å². The zero-order valence-corrected chi connectivity index (χ0v) is 22.5. The van der Waals surface area contributed by atoms with Crippen molar-refractivity contribution in [1.29, 1.82) is 0 Å². The zero-order chi connectivity index (χ0) is 27.8. The Morgan fingerprint density at radius 2 is 1.36 bits per heavy atom. The molecule has 5 atom stereocenters. The van der Waals surface area contributed by atoms with E-state index in [0.717, 1.165) is 16.7 Å². The summed E-state index contributed by atoms with van der Waals surface area (Å²) in [5.74, 6) is -0.568. The Labute approximate surface area is 228 Å². The number of carbonyl (C=O) groups excluding carboxylic acids is 1. The Morgan fingerprint density at radius 1 is 0.821 bits per heavy atom. The number of aliphatic hydroxyl groups excluding tert-OH is 1. The second-order valence-corrected chi connectivity index (χ2v) is 10.8. The van der Waals surface area contributed by atoms with Gasteiger partial charge in [-0.25, -0.2) is 0 Å². The standard InChI is InChI=1S/C29H32O9S/c1-20-13-15-24(16-14-20)39(32,33)38-27-26(35-17-22-9-5-3-6-10-22)25(19-34-21(2)30)37-29(31)28(27)36-18-23-11-7-4-8-12-23/h3-16,25-29,31H,17-19H2,1-2H3/t25-,26-,27+,28+,29+/m1/s1. The third-order valence-corrected chi connectivity index (χ3v) is 7.50. The molecule has 0 radical (unpaired) electrons. The van der Waals surface area contributed by atoms with Gasteiger partial charge in [0.15, 0.2) is 6.29 Å². The van der Waals surface area contributed by atoms with Gasteiger partial charge >= 0.3 is 5.97 Å². The molecule has 39 heavy (non-hydrogen) atoms. The van der Waals surface area contributed by atoms with Crippen LogP contribution in [0.15, 0.2) is 89.8 Å². The van der Waals surface area contributed by atoms with Crippen LogP contribution in [0.5, 0.6) is 0 Å². The first kappa shape index (κ1) is 28.9. The second kappa shape index (κ2) is 13.3. The lowest BCUT2D eigenvalue weighted by atomic mass is 9.98. The molecule has 1 fully saturated rings. The molecule has 1 aliphatic heterocycles. The first-order valence-electron chi connectivity index (χ1n) is 12.5. The fourth-order valence-electron chi connectivity index (χ4n) is 4.16. The van der Waals surface area contributed by atoms with Crippen LogP contribution in [0.4, 0.5) is 0 Å². The average molecular weight is 557 g/mol. The van der Waals surface area contributed by atoms with Gasteiger partial charge < -0.3 is 24.1 Å². The molecule has 3 aromatic carbocycles. The molecule has 1 heterocycles. The molecule has 208 valence electrons. The molecule has 0 aliphatic carbocycles. The Bertz CT molecular complexity index is 1300. The summed E-state index contributed by atoms with van der Waals surface area (Å²) in [4.78, 5) is 11.5. The minimum atomic E-state index is -4.32. The molecule has 0 amide bonds. The summed E-state index contributed by atoms with van der Waals surface area (Å²) in [5.41, 5.74) is 2.50. The van der Waals surface area contributed by atoms with E-state index in [0.29, 0.717) is 0 Å². The smallest absolute Gasteiger partial charge is 0.302 e. The van der Waals surface area contributed by atoms with Gasteiger partial charge in [-0.1, -0.05) is 78.4 Å². The Kier molecular flexibility index (Phi) is 9.84. The molecule has 0 spiro atoms. The van der Waals surface area contributed by atoms with Crippen molar-refractivity contribution in [2.45, 2.75) is 62.7 Å². The molecule has 9 nitrogen and oxygen atoms in total. The van der Waals surface area contributed by atoms with Crippen molar-refractivity contribution in [3.8, 4) is 0 Å². The number of benzene rings is 3. The van der Waals surface area contributed by atoms with E-state index in [9.17, 15) is 18.3 Å². The largest absolute Gasteiger partial charge is 0.463 e. The molecule has 0 unspecified atom stereocenters. The third kappa shape index (κ3) is 7.95. The van der Waals surface area contributed by atoms with Gasteiger partial charge in [-0.15, -0.1) is 0 Å². The third-order valence-electron chi connectivity index (χ3n) is 6.18. The molecular formula is C29H32O9S. The van der Waals surface area contributed by atoms with Crippen LogP contribution < -0.4 is 0 Å². The molecular weight excluding hydrogens is 524 g/mol. The van der Waals surface area contributed by atoms with Gasteiger partial charge in [0, 0.05) is 6.92 Å². The van der Waals surface area contributed by atoms with Crippen molar-refractivity contribution >= 4 is 16.1 Å². The van der Waals surface area contributed by atoms with Gasteiger partial charge in [0.2, 0.25) is 0 Å². The lowest BCUT2D eigenvalue weighted by Gasteiger charge is -2.43. The maximum Gasteiger partial charge on any atom is 0.302 e. The molecule has 4 rings (SSSR count). The monoisotopic (exact) mass is 556 g/mol. The van der Waals surface area contributed by atoms with Gasteiger partial charge in [0.05, 0.1) is 18.1 Å². The number of carbonyl (C=O) groups is 1. The number of hydrogen-bond acceptors (Lipinski definition) is 9. The predicted octanol–water partition coefficient (Wildman–Crippen LogP) is 3.52. The van der Waals surface area contributed by atoms with E-state index in [1.54, 1.807) is 12.1 Å². The summed E-state index contributed by atoms with van der Waals surface area (Å²) in [6.07, 6.45) is -6.31. The Hall–Kier alpha value is -3.12. The van der Waals surface area contributed by atoms with Gasteiger partial charge in [-0.05, 0) is 30.2 Å². The van der Waals surface area contributed by atoms with Crippen LogP contribution >= 0.6 is 0 Å². The van der Waals surface area contributed by atoms with Gasteiger partial charge in [-0.2, -0.15) is 8.42 Å².